The van der Waals surface area contributed by atoms with E-state index < -0.39 is 5.97 Å². The number of hydrogen-bond acceptors (Lipinski definition) is 4. The van der Waals surface area contributed by atoms with Crippen molar-refractivity contribution in [2.45, 2.75) is 25.6 Å². The average molecular weight is 307 g/mol. The first-order valence-corrected chi connectivity index (χ1v) is 7.24. The first-order chi connectivity index (χ1) is 10.5. The molecule has 0 radical (unpaired) electrons. The van der Waals surface area contributed by atoms with Gasteiger partial charge in [0.25, 0.3) is 0 Å². The lowest BCUT2D eigenvalue weighted by molar-refractivity contribution is -0.147. The molecular formula is C16H21NO5. The Labute approximate surface area is 129 Å². The molecule has 1 amide bonds. The summed E-state index contributed by atoms with van der Waals surface area (Å²) in [5, 5.41) is 8.87. The van der Waals surface area contributed by atoms with Gasteiger partial charge >= 0.3 is 5.97 Å². The van der Waals surface area contributed by atoms with Crippen molar-refractivity contribution < 1.29 is 24.2 Å². The van der Waals surface area contributed by atoms with Gasteiger partial charge in [-0.3, -0.25) is 4.79 Å². The van der Waals surface area contributed by atoms with Gasteiger partial charge in [0.05, 0.1) is 30.8 Å². The van der Waals surface area contributed by atoms with E-state index >= 15 is 0 Å². The molecule has 0 bridgehead atoms. The van der Waals surface area contributed by atoms with Gasteiger partial charge in [0.2, 0.25) is 5.91 Å². The predicted octanol–water partition coefficient (Wildman–Crippen LogP) is 1.19. The van der Waals surface area contributed by atoms with Crippen LogP contribution in [-0.4, -0.2) is 60.9 Å². The minimum absolute atomic E-state index is 0.0133. The molecule has 6 heteroatoms. The monoisotopic (exact) mass is 307 g/mol. The Morgan fingerprint density at radius 2 is 2.00 bits per heavy atom. The molecule has 0 saturated carbocycles. The molecule has 2 atom stereocenters. The first-order valence-electron chi connectivity index (χ1n) is 7.24. The topological polar surface area (TPSA) is 76.1 Å². The molecule has 2 rings (SSSR count). The number of carbonyl (C=O) groups is 2. The molecule has 1 N–H and O–H groups in total. The van der Waals surface area contributed by atoms with Crippen molar-refractivity contribution in [1.29, 1.82) is 0 Å². The summed E-state index contributed by atoms with van der Waals surface area (Å²) in [6, 6.07) is 6.39. The zero-order valence-electron chi connectivity index (χ0n) is 12.8. The molecule has 6 nitrogen and oxygen atoms in total. The molecule has 1 fully saturated rings. The Morgan fingerprint density at radius 1 is 1.32 bits per heavy atom. The van der Waals surface area contributed by atoms with Crippen LogP contribution in [0.5, 0.6) is 0 Å². The van der Waals surface area contributed by atoms with Gasteiger partial charge in [0, 0.05) is 20.2 Å². The van der Waals surface area contributed by atoms with Gasteiger partial charge in [0.1, 0.15) is 0 Å². The van der Waals surface area contributed by atoms with Crippen LogP contribution in [0.2, 0.25) is 0 Å². The van der Waals surface area contributed by atoms with Crippen LogP contribution in [-0.2, 0) is 20.7 Å². The van der Waals surface area contributed by atoms with Gasteiger partial charge in [-0.1, -0.05) is 12.1 Å². The van der Waals surface area contributed by atoms with Gasteiger partial charge in [-0.15, -0.1) is 0 Å². The molecule has 1 aromatic carbocycles. The van der Waals surface area contributed by atoms with E-state index in [0.29, 0.717) is 19.7 Å². The lowest BCUT2D eigenvalue weighted by Gasteiger charge is -2.36. The highest BCUT2D eigenvalue weighted by molar-refractivity contribution is 5.87. The highest BCUT2D eigenvalue weighted by atomic mass is 16.5. The summed E-state index contributed by atoms with van der Waals surface area (Å²) >= 11 is 0. The number of methoxy groups -OCH3 is 1. The highest BCUT2D eigenvalue weighted by Crippen LogP contribution is 2.14. The molecule has 0 spiro atoms. The summed E-state index contributed by atoms with van der Waals surface area (Å²) in [4.78, 5) is 25.0. The summed E-state index contributed by atoms with van der Waals surface area (Å²) in [6.07, 6.45) is 0.131. The number of carbonyl (C=O) groups excluding carboxylic acids is 1. The third kappa shape index (κ3) is 4.29. The van der Waals surface area contributed by atoms with Crippen molar-refractivity contribution in [3.63, 3.8) is 0 Å². The van der Waals surface area contributed by atoms with Crippen molar-refractivity contribution in [1.82, 2.24) is 4.90 Å². The number of aromatic carboxylic acids is 1. The fourth-order valence-corrected chi connectivity index (χ4v) is 2.58. The molecule has 1 aliphatic heterocycles. The van der Waals surface area contributed by atoms with Gasteiger partial charge in [0.15, 0.2) is 0 Å². The van der Waals surface area contributed by atoms with Crippen molar-refractivity contribution in [3.8, 4) is 0 Å². The van der Waals surface area contributed by atoms with Crippen LogP contribution >= 0.6 is 0 Å². The first kappa shape index (κ1) is 16.5. The standard InChI is InChI=1S/C16H21NO5/c1-11-8-17(9-14(22-11)10-21-2)15(18)7-12-3-5-13(6-4-12)16(19)20/h3-6,11,14H,7-10H2,1-2H3,(H,19,20). The van der Waals surface area contributed by atoms with E-state index in [9.17, 15) is 9.59 Å². The molecule has 2 unspecified atom stereocenters. The number of amides is 1. The number of morpholine rings is 1. The Kier molecular flexibility index (Phi) is 5.51. The van der Waals surface area contributed by atoms with E-state index in [1.807, 2.05) is 6.92 Å². The number of hydrogen-bond donors (Lipinski definition) is 1. The van der Waals surface area contributed by atoms with Crippen LogP contribution in [0.15, 0.2) is 24.3 Å². The SMILES string of the molecule is COCC1CN(C(=O)Cc2ccc(C(=O)O)cc2)CC(C)O1. The van der Waals surface area contributed by atoms with Crippen LogP contribution < -0.4 is 0 Å². The average Bonchev–Trinajstić information content (AvgIpc) is 2.47. The van der Waals surface area contributed by atoms with Crippen LogP contribution in [0.25, 0.3) is 0 Å². The Bertz CT molecular complexity index is 528. The Hall–Kier alpha value is -1.92. The van der Waals surface area contributed by atoms with Gasteiger partial charge in [-0.05, 0) is 24.6 Å². The number of carboxylic acid groups (broad SMARTS) is 1. The van der Waals surface area contributed by atoms with Crippen molar-refractivity contribution in [2.24, 2.45) is 0 Å². The smallest absolute Gasteiger partial charge is 0.335 e. The van der Waals surface area contributed by atoms with E-state index in [4.69, 9.17) is 14.6 Å². The third-order valence-corrected chi connectivity index (χ3v) is 3.59. The normalized spacial score (nSPS) is 21.6. The van der Waals surface area contributed by atoms with Crippen LogP contribution in [0.3, 0.4) is 0 Å². The van der Waals surface area contributed by atoms with Gasteiger partial charge < -0.3 is 19.5 Å². The molecule has 1 saturated heterocycles. The van der Waals surface area contributed by atoms with Crippen LogP contribution in [0.4, 0.5) is 0 Å². The van der Waals surface area contributed by atoms with Crippen molar-refractivity contribution >= 4 is 11.9 Å². The summed E-state index contributed by atoms with van der Waals surface area (Å²) < 4.78 is 10.8. The minimum Gasteiger partial charge on any atom is -0.478 e. The lowest BCUT2D eigenvalue weighted by Crippen LogP contribution is -2.50. The molecule has 120 valence electrons. The maximum atomic E-state index is 12.4. The fraction of sp³-hybridized carbons (Fsp3) is 0.500. The third-order valence-electron chi connectivity index (χ3n) is 3.59. The van der Waals surface area contributed by atoms with Gasteiger partial charge in [-0.25, -0.2) is 4.79 Å². The van der Waals surface area contributed by atoms with Crippen molar-refractivity contribution in [2.75, 3.05) is 26.8 Å². The minimum atomic E-state index is -0.970. The molecule has 22 heavy (non-hydrogen) atoms. The number of ether oxygens (including phenoxy) is 2. The Balaban J connectivity index is 1.97. The number of benzene rings is 1. The summed E-state index contributed by atoms with van der Waals surface area (Å²) in [5.74, 6) is -0.957. The quantitative estimate of drug-likeness (QED) is 0.884. The second kappa shape index (κ2) is 7.38. The van der Waals surface area contributed by atoms with Crippen molar-refractivity contribution in [3.05, 3.63) is 35.4 Å². The second-order valence-electron chi connectivity index (χ2n) is 5.50. The highest BCUT2D eigenvalue weighted by Gasteiger charge is 2.28. The number of carboxylic acids is 1. The molecule has 1 aromatic rings. The number of rotatable bonds is 5. The Morgan fingerprint density at radius 3 is 2.59 bits per heavy atom. The summed E-state index contributed by atoms with van der Waals surface area (Å²) in [7, 11) is 1.61. The fourth-order valence-electron chi connectivity index (χ4n) is 2.58. The zero-order valence-corrected chi connectivity index (χ0v) is 12.8. The summed E-state index contributed by atoms with van der Waals surface area (Å²) in [5.41, 5.74) is 1.02. The number of nitrogens with zero attached hydrogens (tertiary/aromatic N) is 1. The largest absolute Gasteiger partial charge is 0.478 e. The lowest BCUT2D eigenvalue weighted by atomic mass is 10.1. The van der Waals surface area contributed by atoms with Crippen LogP contribution in [0, 0.1) is 0 Å². The summed E-state index contributed by atoms with van der Waals surface area (Å²) in [6.45, 7) is 3.47. The maximum Gasteiger partial charge on any atom is 0.335 e. The van der Waals surface area contributed by atoms with Crippen LogP contribution in [0.1, 0.15) is 22.8 Å². The van der Waals surface area contributed by atoms with E-state index in [1.165, 1.54) is 12.1 Å². The molecule has 0 aromatic heterocycles. The molecule has 1 aliphatic rings. The van der Waals surface area contributed by atoms with E-state index in [2.05, 4.69) is 0 Å². The van der Waals surface area contributed by atoms with Gasteiger partial charge in [-0.2, -0.15) is 0 Å². The van der Waals surface area contributed by atoms with E-state index in [0.717, 1.165) is 5.56 Å². The second-order valence-corrected chi connectivity index (χ2v) is 5.50. The molecule has 1 heterocycles. The van der Waals surface area contributed by atoms with E-state index in [-0.39, 0.29) is 30.1 Å². The maximum absolute atomic E-state index is 12.4. The molecular weight excluding hydrogens is 286 g/mol. The predicted molar refractivity (Wildman–Crippen MR) is 79.9 cm³/mol. The molecule has 0 aliphatic carbocycles. The zero-order chi connectivity index (χ0) is 16.1. The van der Waals surface area contributed by atoms with E-state index in [1.54, 1.807) is 24.1 Å².